The van der Waals surface area contributed by atoms with E-state index in [0.717, 1.165) is 4.88 Å². The van der Waals surface area contributed by atoms with Crippen LogP contribution in [-0.2, 0) is 4.79 Å². The highest BCUT2D eigenvalue weighted by Gasteiger charge is 2.64. The molecule has 0 aliphatic heterocycles. The van der Waals surface area contributed by atoms with Crippen molar-refractivity contribution in [1.29, 1.82) is 0 Å². The molecule has 1 aromatic rings. The molecular formula is C14H18N2OS. The second-order valence-corrected chi connectivity index (χ2v) is 6.56. The van der Waals surface area contributed by atoms with Gasteiger partial charge in [-0.25, -0.2) is 5.43 Å². The number of thiophene rings is 1. The van der Waals surface area contributed by atoms with Gasteiger partial charge in [-0.2, -0.15) is 5.10 Å². The number of hydrogen-bond acceptors (Lipinski definition) is 3. The van der Waals surface area contributed by atoms with E-state index < -0.39 is 0 Å². The van der Waals surface area contributed by atoms with Gasteiger partial charge in [0.25, 0.3) is 0 Å². The van der Waals surface area contributed by atoms with Crippen LogP contribution in [0.1, 0.15) is 37.5 Å². The van der Waals surface area contributed by atoms with Crippen molar-refractivity contribution >= 4 is 23.5 Å². The molecule has 3 atom stereocenters. The van der Waals surface area contributed by atoms with Crippen molar-refractivity contribution in [3.05, 3.63) is 22.4 Å². The molecule has 1 N–H and O–H groups in total. The van der Waals surface area contributed by atoms with Gasteiger partial charge in [-0.05, 0) is 35.6 Å². The largest absolute Gasteiger partial charge is 0.273 e. The fraction of sp³-hybridized carbons (Fsp3) is 0.571. The minimum absolute atomic E-state index is 0.109. The second-order valence-electron chi connectivity index (χ2n) is 5.59. The van der Waals surface area contributed by atoms with Gasteiger partial charge in [0.1, 0.15) is 0 Å². The van der Waals surface area contributed by atoms with Crippen LogP contribution >= 0.6 is 11.3 Å². The lowest BCUT2D eigenvalue weighted by molar-refractivity contribution is -0.123. The predicted octanol–water partition coefficient (Wildman–Crippen LogP) is 3.02. The highest BCUT2D eigenvalue weighted by Crippen LogP contribution is 2.66. The summed E-state index contributed by atoms with van der Waals surface area (Å²) in [6.45, 7) is 2.25. The van der Waals surface area contributed by atoms with E-state index in [4.69, 9.17) is 0 Å². The number of carbonyl (C=O) groups excluding carboxylic acids is 1. The Bertz CT molecular complexity index is 468. The van der Waals surface area contributed by atoms with E-state index in [9.17, 15) is 4.79 Å². The lowest BCUT2D eigenvalue weighted by atomic mass is 9.90. The minimum Gasteiger partial charge on any atom is -0.273 e. The van der Waals surface area contributed by atoms with E-state index in [1.165, 1.54) is 25.7 Å². The van der Waals surface area contributed by atoms with Gasteiger partial charge in [-0.1, -0.05) is 25.8 Å². The Balaban J connectivity index is 1.57. The van der Waals surface area contributed by atoms with Gasteiger partial charge in [-0.3, -0.25) is 4.79 Å². The van der Waals surface area contributed by atoms with Crippen LogP contribution in [0.5, 0.6) is 0 Å². The molecule has 2 fully saturated rings. The zero-order chi connectivity index (χ0) is 12.6. The quantitative estimate of drug-likeness (QED) is 0.660. The summed E-state index contributed by atoms with van der Waals surface area (Å²) in [5.41, 5.74) is 2.97. The maximum atomic E-state index is 12.1. The Labute approximate surface area is 111 Å². The summed E-state index contributed by atoms with van der Waals surface area (Å²) in [7, 11) is 0. The molecule has 0 aromatic carbocycles. The van der Waals surface area contributed by atoms with Crippen LogP contribution in [0.3, 0.4) is 0 Å². The smallest absolute Gasteiger partial charge is 0.244 e. The molecule has 3 nitrogen and oxygen atoms in total. The van der Waals surface area contributed by atoms with E-state index in [2.05, 4.69) is 17.5 Å². The van der Waals surface area contributed by atoms with Gasteiger partial charge < -0.3 is 0 Å². The zero-order valence-corrected chi connectivity index (χ0v) is 11.4. The molecule has 0 radical (unpaired) electrons. The van der Waals surface area contributed by atoms with Crippen LogP contribution in [0.15, 0.2) is 22.6 Å². The SMILES string of the molecule is C[C@]12CCCC[C@H]1[C@@H]2C(=O)N/N=C\c1cccs1. The average molecular weight is 262 g/mol. The molecule has 1 aromatic heterocycles. The molecule has 1 amide bonds. The highest BCUT2D eigenvalue weighted by molar-refractivity contribution is 7.11. The molecule has 4 heteroatoms. The fourth-order valence-electron chi connectivity index (χ4n) is 3.44. The molecule has 0 bridgehead atoms. The first-order chi connectivity index (χ1) is 8.72. The predicted molar refractivity (Wildman–Crippen MR) is 73.6 cm³/mol. The van der Waals surface area contributed by atoms with Gasteiger partial charge in [0.2, 0.25) is 5.91 Å². The molecule has 2 saturated carbocycles. The molecule has 96 valence electrons. The monoisotopic (exact) mass is 262 g/mol. The second kappa shape index (κ2) is 4.50. The first-order valence-electron chi connectivity index (χ1n) is 6.58. The lowest BCUT2D eigenvalue weighted by Gasteiger charge is -2.15. The van der Waals surface area contributed by atoms with Crippen LogP contribution in [0.25, 0.3) is 0 Å². The minimum atomic E-state index is 0.109. The standard InChI is InChI=1S/C14H18N2OS/c1-14-7-3-2-6-11(14)12(14)13(17)16-15-9-10-5-4-8-18-10/h4-5,8-9,11-12H,2-3,6-7H2,1H3,(H,16,17)/b15-9-/t11-,12+,14-/m0/s1. The van der Waals surface area contributed by atoms with Gasteiger partial charge in [0, 0.05) is 10.8 Å². The van der Waals surface area contributed by atoms with E-state index in [1.807, 2.05) is 17.5 Å². The third-order valence-corrected chi connectivity index (χ3v) is 5.33. The first kappa shape index (κ1) is 11.9. The van der Waals surface area contributed by atoms with E-state index in [-0.39, 0.29) is 17.2 Å². The molecule has 0 saturated heterocycles. The van der Waals surface area contributed by atoms with E-state index in [1.54, 1.807) is 17.6 Å². The van der Waals surface area contributed by atoms with Crippen LogP contribution in [0.2, 0.25) is 0 Å². The fourth-order valence-corrected chi connectivity index (χ4v) is 4.03. The maximum Gasteiger partial charge on any atom is 0.244 e. The molecule has 0 spiro atoms. The van der Waals surface area contributed by atoms with E-state index in [0.29, 0.717) is 5.92 Å². The number of hydrogen-bond donors (Lipinski definition) is 1. The van der Waals surface area contributed by atoms with Gasteiger partial charge >= 0.3 is 0 Å². The summed E-state index contributed by atoms with van der Waals surface area (Å²) in [4.78, 5) is 13.1. The topological polar surface area (TPSA) is 41.5 Å². The summed E-state index contributed by atoms with van der Waals surface area (Å²) >= 11 is 1.62. The van der Waals surface area contributed by atoms with Crippen LogP contribution in [-0.4, -0.2) is 12.1 Å². The van der Waals surface area contributed by atoms with Crippen LogP contribution < -0.4 is 5.43 Å². The summed E-state index contributed by atoms with van der Waals surface area (Å²) < 4.78 is 0. The summed E-state index contributed by atoms with van der Waals surface area (Å²) in [5.74, 6) is 0.904. The molecule has 1 heterocycles. The molecule has 0 unspecified atom stereocenters. The normalized spacial score (nSPS) is 34.3. The number of rotatable bonds is 3. The maximum absolute atomic E-state index is 12.1. The molecule has 2 aliphatic carbocycles. The Morgan fingerprint density at radius 3 is 3.17 bits per heavy atom. The molecule has 2 aliphatic rings. The lowest BCUT2D eigenvalue weighted by Crippen LogP contribution is -2.22. The number of nitrogens with one attached hydrogen (secondary N) is 1. The van der Waals surface area contributed by atoms with Gasteiger partial charge in [0.15, 0.2) is 0 Å². The Kier molecular flexibility index (Phi) is 2.98. The van der Waals surface area contributed by atoms with Gasteiger partial charge in [-0.15, -0.1) is 11.3 Å². The molecule has 3 rings (SSSR count). The number of nitrogens with zero attached hydrogens (tertiary/aromatic N) is 1. The Morgan fingerprint density at radius 1 is 1.61 bits per heavy atom. The summed E-state index contributed by atoms with van der Waals surface area (Å²) in [6, 6.07) is 3.96. The number of amides is 1. The van der Waals surface area contributed by atoms with Crippen LogP contribution in [0.4, 0.5) is 0 Å². The van der Waals surface area contributed by atoms with Crippen molar-refractivity contribution in [3.8, 4) is 0 Å². The van der Waals surface area contributed by atoms with Crippen molar-refractivity contribution < 1.29 is 4.79 Å². The summed E-state index contributed by atoms with van der Waals surface area (Å²) in [5, 5.41) is 6.05. The number of carbonyl (C=O) groups is 1. The zero-order valence-electron chi connectivity index (χ0n) is 10.6. The number of hydrazone groups is 1. The van der Waals surface area contributed by atoms with Crippen molar-refractivity contribution in [2.24, 2.45) is 22.4 Å². The third kappa shape index (κ3) is 1.99. The van der Waals surface area contributed by atoms with Gasteiger partial charge in [0.05, 0.1) is 6.21 Å². The Morgan fingerprint density at radius 2 is 2.50 bits per heavy atom. The third-order valence-electron chi connectivity index (χ3n) is 4.52. The highest BCUT2D eigenvalue weighted by atomic mass is 32.1. The van der Waals surface area contributed by atoms with Crippen molar-refractivity contribution in [3.63, 3.8) is 0 Å². The van der Waals surface area contributed by atoms with Crippen molar-refractivity contribution in [2.45, 2.75) is 32.6 Å². The number of fused-ring (bicyclic) bond motifs is 1. The van der Waals surface area contributed by atoms with Crippen LogP contribution in [0, 0.1) is 17.3 Å². The first-order valence-corrected chi connectivity index (χ1v) is 7.46. The molecular weight excluding hydrogens is 244 g/mol. The van der Waals surface area contributed by atoms with E-state index >= 15 is 0 Å². The summed E-state index contributed by atoms with van der Waals surface area (Å²) in [6.07, 6.45) is 6.68. The Hall–Kier alpha value is -1.16. The van der Waals surface area contributed by atoms with Crippen molar-refractivity contribution in [1.82, 2.24) is 5.43 Å². The molecule has 18 heavy (non-hydrogen) atoms. The van der Waals surface area contributed by atoms with Crippen molar-refractivity contribution in [2.75, 3.05) is 0 Å². The average Bonchev–Trinajstić information content (AvgIpc) is 2.71.